The molecule has 0 atom stereocenters. The summed E-state index contributed by atoms with van der Waals surface area (Å²) in [5.74, 6) is -4.16. The van der Waals surface area contributed by atoms with Crippen LogP contribution in [0.4, 0.5) is 0 Å². The van der Waals surface area contributed by atoms with Crippen LogP contribution in [0.15, 0.2) is 4.76 Å². The molecule has 0 aliphatic heterocycles. The number of nitrogens with one attached hydrogen (secondary N) is 2. The van der Waals surface area contributed by atoms with E-state index >= 15 is 0 Å². The first kappa shape index (κ1) is 32.0. The first-order valence-corrected chi connectivity index (χ1v) is 9.24. The Morgan fingerprint density at radius 1 is 0.774 bits per heavy atom. The standard InChI is InChI=1S/C4H10N3O5P.2C4H9N3O2/c1-7(2-3(8)9)4(5)6-13(10,11)12;2*1-7(4(5)6)2-3(8)9/h2H2,1H3,(H,8,9)(H4,5,6,10,11,12);2*2H2,1H3,(H3,5,6)(H,8,9). The second-order valence-corrected chi connectivity index (χ2v) is 6.72. The van der Waals surface area contributed by atoms with E-state index in [0.717, 1.165) is 14.7 Å². The van der Waals surface area contributed by atoms with Gasteiger partial charge in [0.05, 0.1) is 0 Å². The van der Waals surface area contributed by atoms with Gasteiger partial charge in [0.15, 0.2) is 11.9 Å². The Balaban J connectivity index is -0.000000390. The fourth-order valence-electron chi connectivity index (χ4n) is 1.07. The summed E-state index contributed by atoms with van der Waals surface area (Å²) in [6, 6.07) is 0. The van der Waals surface area contributed by atoms with E-state index in [0.29, 0.717) is 0 Å². The van der Waals surface area contributed by atoms with Crippen LogP contribution in [0.25, 0.3) is 0 Å². The van der Waals surface area contributed by atoms with E-state index < -0.39 is 38.2 Å². The Bertz CT molecular complexity index is 692. The molecule has 0 aliphatic rings. The fourth-order valence-corrected chi connectivity index (χ4v) is 1.49. The molecule has 13 N–H and O–H groups in total. The summed E-state index contributed by atoms with van der Waals surface area (Å²) in [6.07, 6.45) is 0. The minimum Gasteiger partial charge on any atom is -0.480 e. The maximum Gasteiger partial charge on any atom is 0.451 e. The van der Waals surface area contributed by atoms with Gasteiger partial charge in [0.25, 0.3) is 0 Å². The van der Waals surface area contributed by atoms with Gasteiger partial charge in [-0.15, -0.1) is 4.76 Å². The molecule has 0 fully saturated rings. The molecule has 0 heterocycles. The monoisotopic (exact) mass is 473 g/mol. The van der Waals surface area contributed by atoms with Crippen LogP contribution in [-0.4, -0.2) is 116 Å². The number of rotatable bonds is 7. The molecule has 180 valence electrons. The van der Waals surface area contributed by atoms with E-state index in [1.165, 1.54) is 21.1 Å². The van der Waals surface area contributed by atoms with Crippen molar-refractivity contribution >= 4 is 43.5 Å². The third kappa shape index (κ3) is 24.3. The van der Waals surface area contributed by atoms with Crippen molar-refractivity contribution in [1.82, 2.24) is 14.7 Å². The number of aliphatic carboxylic acids is 3. The predicted molar refractivity (Wildman–Crippen MR) is 108 cm³/mol. The van der Waals surface area contributed by atoms with Crippen molar-refractivity contribution in [1.29, 1.82) is 10.8 Å². The predicted octanol–water partition coefficient (Wildman–Crippen LogP) is -3.80. The normalized spacial score (nSPS) is 10.3. The minimum absolute atomic E-state index is 0.227. The van der Waals surface area contributed by atoms with Gasteiger partial charge in [-0.05, 0) is 0 Å². The van der Waals surface area contributed by atoms with Gasteiger partial charge in [-0.3, -0.25) is 25.2 Å². The van der Waals surface area contributed by atoms with Crippen LogP contribution >= 0.6 is 7.75 Å². The van der Waals surface area contributed by atoms with Gasteiger partial charge in [-0.1, -0.05) is 0 Å². The molecule has 0 spiro atoms. The van der Waals surface area contributed by atoms with Crippen molar-refractivity contribution in [3.63, 3.8) is 0 Å². The highest BCUT2D eigenvalue weighted by atomic mass is 31.2. The summed E-state index contributed by atoms with van der Waals surface area (Å²) in [6.45, 7) is -0.931. The van der Waals surface area contributed by atoms with Gasteiger partial charge in [0.1, 0.15) is 19.6 Å². The van der Waals surface area contributed by atoms with Gasteiger partial charge < -0.3 is 57.0 Å². The molecule has 0 radical (unpaired) electrons. The van der Waals surface area contributed by atoms with Gasteiger partial charge in [0, 0.05) is 21.1 Å². The van der Waals surface area contributed by atoms with E-state index in [9.17, 15) is 18.9 Å². The van der Waals surface area contributed by atoms with Crippen LogP contribution < -0.4 is 17.2 Å². The average Bonchev–Trinajstić information content (AvgIpc) is 2.52. The van der Waals surface area contributed by atoms with Gasteiger partial charge in [-0.2, -0.15) is 0 Å². The summed E-state index contributed by atoms with van der Waals surface area (Å²) in [7, 11) is -0.456. The Kier molecular flexibility index (Phi) is 15.8. The van der Waals surface area contributed by atoms with Crippen molar-refractivity contribution in [2.75, 3.05) is 40.8 Å². The number of hydrogen-bond donors (Lipinski definition) is 10. The van der Waals surface area contributed by atoms with Crippen molar-refractivity contribution in [2.45, 2.75) is 0 Å². The maximum absolute atomic E-state index is 10.3. The lowest BCUT2D eigenvalue weighted by Crippen LogP contribution is -2.37. The molecule has 0 amide bonds. The molecule has 0 unspecified atom stereocenters. The number of nitrogens with zero attached hydrogens (tertiary/aromatic N) is 4. The number of likely N-dealkylation sites (N-methyl/N-ethyl adjacent to an activating group) is 3. The summed E-state index contributed by atoms with van der Waals surface area (Å²) in [5.41, 5.74) is 14.9. The molecule has 0 aromatic rings. The van der Waals surface area contributed by atoms with Crippen LogP contribution in [0.1, 0.15) is 0 Å². The first-order valence-electron chi connectivity index (χ1n) is 7.68. The average molecular weight is 473 g/mol. The molecule has 0 aromatic carbocycles. The molecular formula is C12H28N9O9P. The maximum atomic E-state index is 10.3. The molecule has 19 heteroatoms. The lowest BCUT2D eigenvalue weighted by atomic mass is 10.6. The Morgan fingerprint density at radius 2 is 1.03 bits per heavy atom. The molecule has 0 aromatic heterocycles. The largest absolute Gasteiger partial charge is 0.480 e. The zero-order valence-electron chi connectivity index (χ0n) is 17.0. The molecule has 0 saturated carbocycles. The lowest BCUT2D eigenvalue weighted by Gasteiger charge is -2.14. The molecule has 0 rings (SSSR count). The minimum atomic E-state index is -4.59. The zero-order chi connectivity index (χ0) is 25.5. The van der Waals surface area contributed by atoms with E-state index in [2.05, 4.69) is 4.76 Å². The number of hydrogen-bond acceptors (Lipinski definition) is 6. The highest BCUT2D eigenvalue weighted by molar-refractivity contribution is 7.50. The lowest BCUT2D eigenvalue weighted by molar-refractivity contribution is -0.138. The number of carbonyl (C=O) groups is 3. The highest BCUT2D eigenvalue weighted by Crippen LogP contribution is 2.35. The number of nitrogens with two attached hydrogens (primary N) is 3. The number of guanidine groups is 3. The van der Waals surface area contributed by atoms with Crippen molar-refractivity contribution in [2.24, 2.45) is 22.0 Å². The van der Waals surface area contributed by atoms with E-state index in [4.69, 9.17) is 53.1 Å². The molecular weight excluding hydrogens is 445 g/mol. The van der Waals surface area contributed by atoms with E-state index in [1.807, 2.05) is 0 Å². The Hall–Kier alpha value is -3.63. The topological polar surface area (TPSA) is 317 Å². The van der Waals surface area contributed by atoms with Gasteiger partial charge in [-0.25, -0.2) is 4.57 Å². The zero-order valence-corrected chi connectivity index (χ0v) is 17.9. The Labute approximate surface area is 176 Å². The smallest absolute Gasteiger partial charge is 0.451 e. The Morgan fingerprint density at radius 3 is 1.19 bits per heavy atom. The third-order valence-electron chi connectivity index (χ3n) is 2.56. The van der Waals surface area contributed by atoms with Gasteiger partial charge in [0.2, 0.25) is 5.96 Å². The van der Waals surface area contributed by atoms with E-state index in [1.54, 1.807) is 0 Å². The summed E-state index contributed by atoms with van der Waals surface area (Å²) < 4.78 is 13.1. The second kappa shape index (κ2) is 15.2. The van der Waals surface area contributed by atoms with Crippen LogP contribution in [0.2, 0.25) is 0 Å². The van der Waals surface area contributed by atoms with Crippen molar-refractivity contribution in [3.05, 3.63) is 0 Å². The molecule has 0 saturated heterocycles. The summed E-state index contributed by atoms with van der Waals surface area (Å²) in [5, 5.41) is 38.0. The van der Waals surface area contributed by atoms with Crippen molar-refractivity contribution in [3.8, 4) is 0 Å². The second-order valence-electron chi connectivity index (χ2n) is 5.49. The van der Waals surface area contributed by atoms with Crippen LogP contribution in [-0.2, 0) is 18.9 Å². The van der Waals surface area contributed by atoms with Crippen molar-refractivity contribution < 1.29 is 44.1 Å². The quantitative estimate of drug-likeness (QED) is 0.0962. The molecule has 31 heavy (non-hydrogen) atoms. The molecule has 0 bridgehead atoms. The van der Waals surface area contributed by atoms with Gasteiger partial charge >= 0.3 is 25.7 Å². The summed E-state index contributed by atoms with van der Waals surface area (Å²) >= 11 is 0. The van der Waals surface area contributed by atoms with Crippen LogP contribution in [0.3, 0.4) is 0 Å². The van der Waals surface area contributed by atoms with Crippen LogP contribution in [0.5, 0.6) is 0 Å². The summed E-state index contributed by atoms with van der Waals surface area (Å²) in [4.78, 5) is 49.8. The third-order valence-corrected chi connectivity index (χ3v) is 3.03. The van der Waals surface area contributed by atoms with Crippen LogP contribution in [0, 0.1) is 10.8 Å². The van der Waals surface area contributed by atoms with E-state index in [-0.39, 0.29) is 25.0 Å². The number of carboxylic acids is 3. The fraction of sp³-hybridized carbons (Fsp3) is 0.500. The highest BCUT2D eigenvalue weighted by Gasteiger charge is 2.14. The molecule has 0 aliphatic carbocycles. The SMILES string of the molecule is CN(CC(=O)O)C(=N)N.CN(CC(=O)O)C(=N)N.CN(CC(=O)O)C(N)=NP(=O)(O)O. The number of carboxylic acid groups (broad SMARTS) is 3. The molecule has 18 nitrogen and oxygen atoms in total. The first-order chi connectivity index (χ1) is 13.8.